The van der Waals surface area contributed by atoms with E-state index in [1.165, 1.54) is 4.68 Å². The summed E-state index contributed by atoms with van der Waals surface area (Å²) in [5.74, 6) is 1.30. The lowest BCUT2D eigenvalue weighted by atomic mass is 10.1. The predicted molar refractivity (Wildman–Crippen MR) is 133 cm³/mol. The first kappa shape index (κ1) is 22.4. The first-order valence-corrected chi connectivity index (χ1v) is 11.2. The van der Waals surface area contributed by atoms with Crippen molar-refractivity contribution in [2.45, 2.75) is 26.4 Å². The Kier molecular flexibility index (Phi) is 6.66. The average molecular weight is 501 g/mol. The third kappa shape index (κ3) is 5.02. The van der Waals surface area contributed by atoms with Crippen LogP contribution in [0.5, 0.6) is 5.75 Å². The minimum Gasteiger partial charge on any atom is -0.489 e. The highest BCUT2D eigenvalue weighted by Crippen LogP contribution is 2.19. The number of ether oxygens (including phenoxy) is 1. The van der Waals surface area contributed by atoms with Gasteiger partial charge in [0.2, 0.25) is 0 Å². The van der Waals surface area contributed by atoms with Gasteiger partial charge in [-0.05, 0) is 54.1 Å². The van der Waals surface area contributed by atoms with Gasteiger partial charge >= 0.3 is 0 Å². The van der Waals surface area contributed by atoms with E-state index in [2.05, 4.69) is 32.1 Å². The number of nitriles is 1. The molecule has 3 aromatic carbocycles. The molecule has 0 unspecified atom stereocenters. The zero-order valence-corrected chi connectivity index (χ0v) is 19.8. The second-order valence-corrected chi connectivity index (χ2v) is 8.69. The number of halogens is 1. The highest BCUT2D eigenvalue weighted by molar-refractivity contribution is 9.10. The molecule has 6 nitrogen and oxygen atoms in total. The van der Waals surface area contributed by atoms with Crippen LogP contribution in [-0.4, -0.2) is 15.9 Å². The molecule has 0 aliphatic rings. The predicted octanol–water partition coefficient (Wildman–Crippen LogP) is 5.62. The topological polar surface area (TPSA) is 80.3 Å². The van der Waals surface area contributed by atoms with Crippen LogP contribution in [0.3, 0.4) is 0 Å². The Labute approximate surface area is 199 Å². The SMILES string of the molecule is CC(C)c1nc2ccc(Br)cc2c(=O)n1N=Cc1ccc(OCc2ccccc2C#N)cc1. The zero-order valence-electron chi connectivity index (χ0n) is 18.2. The largest absolute Gasteiger partial charge is 0.489 e. The molecule has 0 radical (unpaired) electrons. The first-order chi connectivity index (χ1) is 16.0. The molecule has 0 aliphatic heterocycles. The van der Waals surface area contributed by atoms with E-state index in [9.17, 15) is 10.1 Å². The van der Waals surface area contributed by atoms with Crippen molar-refractivity contribution in [2.24, 2.45) is 5.10 Å². The lowest BCUT2D eigenvalue weighted by molar-refractivity contribution is 0.306. The minimum absolute atomic E-state index is 0.0231. The Hall–Kier alpha value is -3.76. The summed E-state index contributed by atoms with van der Waals surface area (Å²) < 4.78 is 7.99. The summed E-state index contributed by atoms with van der Waals surface area (Å²) >= 11 is 3.41. The maximum absolute atomic E-state index is 13.1. The Balaban J connectivity index is 1.57. The summed E-state index contributed by atoms with van der Waals surface area (Å²) in [6.07, 6.45) is 1.63. The van der Waals surface area contributed by atoms with Crippen LogP contribution in [0.1, 0.15) is 42.3 Å². The van der Waals surface area contributed by atoms with Gasteiger partial charge in [0.1, 0.15) is 18.2 Å². The lowest BCUT2D eigenvalue weighted by Gasteiger charge is -2.12. The molecule has 0 spiro atoms. The molecule has 4 aromatic rings. The fraction of sp³-hybridized carbons (Fsp3) is 0.154. The van der Waals surface area contributed by atoms with Gasteiger partial charge < -0.3 is 4.74 Å². The van der Waals surface area contributed by atoms with Crippen LogP contribution >= 0.6 is 15.9 Å². The van der Waals surface area contributed by atoms with Gasteiger partial charge in [-0.2, -0.15) is 15.0 Å². The summed E-state index contributed by atoms with van der Waals surface area (Å²) in [7, 11) is 0. The van der Waals surface area contributed by atoms with Gasteiger partial charge in [0.25, 0.3) is 5.56 Å². The normalized spacial score (nSPS) is 11.2. The summed E-state index contributed by atoms with van der Waals surface area (Å²) in [4.78, 5) is 17.8. The second kappa shape index (κ2) is 9.80. The third-order valence-corrected chi connectivity index (χ3v) is 5.58. The molecule has 0 atom stereocenters. The van der Waals surface area contributed by atoms with Crippen molar-refractivity contribution >= 4 is 33.0 Å². The summed E-state index contributed by atoms with van der Waals surface area (Å²) in [6, 6.07) is 22.4. The average Bonchev–Trinajstić information content (AvgIpc) is 2.83. The molecule has 1 heterocycles. The van der Waals surface area contributed by atoms with Gasteiger partial charge in [-0.15, -0.1) is 0 Å². The number of nitrogens with zero attached hydrogens (tertiary/aromatic N) is 4. The van der Waals surface area contributed by atoms with Gasteiger partial charge in [-0.3, -0.25) is 4.79 Å². The van der Waals surface area contributed by atoms with Crippen LogP contribution < -0.4 is 10.3 Å². The maximum atomic E-state index is 13.1. The van der Waals surface area contributed by atoms with Crippen LogP contribution in [-0.2, 0) is 6.61 Å². The van der Waals surface area contributed by atoms with Crippen LogP contribution in [0, 0.1) is 11.3 Å². The molecule has 1 aromatic heterocycles. The number of hydrogen-bond acceptors (Lipinski definition) is 5. The molecule has 0 bridgehead atoms. The van der Waals surface area contributed by atoms with Crippen molar-refractivity contribution in [1.82, 2.24) is 9.66 Å². The number of benzene rings is 3. The molecule has 0 saturated heterocycles. The molecule has 164 valence electrons. The molecule has 0 aliphatic carbocycles. The molecule has 0 N–H and O–H groups in total. The standard InChI is InChI=1S/C26H21BrN4O2/c1-17(2)25-30-24-12-9-21(27)13-23(24)26(32)31(25)29-15-18-7-10-22(11-8-18)33-16-20-6-4-3-5-19(20)14-28/h3-13,15,17H,16H2,1-2H3. The summed E-state index contributed by atoms with van der Waals surface area (Å²) in [6.45, 7) is 4.27. The van der Waals surface area contributed by atoms with E-state index in [1.54, 1.807) is 18.3 Å². The fourth-order valence-corrected chi connectivity index (χ4v) is 3.70. The van der Waals surface area contributed by atoms with Gasteiger partial charge in [0.05, 0.1) is 28.8 Å². The van der Waals surface area contributed by atoms with Crippen LogP contribution in [0.4, 0.5) is 0 Å². The van der Waals surface area contributed by atoms with Crippen molar-refractivity contribution in [3.8, 4) is 11.8 Å². The van der Waals surface area contributed by atoms with Gasteiger partial charge in [0, 0.05) is 16.0 Å². The van der Waals surface area contributed by atoms with Crippen molar-refractivity contribution in [3.63, 3.8) is 0 Å². The number of fused-ring (bicyclic) bond motifs is 1. The lowest BCUT2D eigenvalue weighted by Crippen LogP contribution is -2.23. The summed E-state index contributed by atoms with van der Waals surface area (Å²) in [5.41, 5.74) is 2.69. The van der Waals surface area contributed by atoms with Crippen LogP contribution in [0.2, 0.25) is 0 Å². The van der Waals surface area contributed by atoms with E-state index in [0.29, 0.717) is 34.6 Å². The van der Waals surface area contributed by atoms with Crippen molar-refractivity contribution < 1.29 is 4.74 Å². The second-order valence-electron chi connectivity index (χ2n) is 7.77. The smallest absolute Gasteiger partial charge is 0.282 e. The molecular weight excluding hydrogens is 480 g/mol. The molecule has 0 amide bonds. The van der Waals surface area contributed by atoms with E-state index < -0.39 is 0 Å². The van der Waals surface area contributed by atoms with E-state index in [-0.39, 0.29) is 11.5 Å². The first-order valence-electron chi connectivity index (χ1n) is 10.4. The van der Waals surface area contributed by atoms with E-state index in [0.717, 1.165) is 15.6 Å². The molecule has 4 rings (SSSR count). The molecular formula is C26H21BrN4O2. The highest BCUT2D eigenvalue weighted by Gasteiger charge is 2.13. The van der Waals surface area contributed by atoms with E-state index in [4.69, 9.17) is 4.74 Å². The molecule has 0 saturated carbocycles. The Morgan fingerprint density at radius 1 is 1.15 bits per heavy atom. The summed E-state index contributed by atoms with van der Waals surface area (Å²) in [5, 5.41) is 14.2. The quantitative estimate of drug-likeness (QED) is 0.322. The van der Waals surface area contributed by atoms with Crippen molar-refractivity contribution in [3.05, 3.63) is 104 Å². The molecule has 33 heavy (non-hydrogen) atoms. The van der Waals surface area contributed by atoms with Crippen LogP contribution in [0.25, 0.3) is 10.9 Å². The number of aromatic nitrogens is 2. The fourth-order valence-electron chi connectivity index (χ4n) is 3.34. The van der Waals surface area contributed by atoms with Gasteiger partial charge in [-0.25, -0.2) is 4.98 Å². The maximum Gasteiger partial charge on any atom is 0.282 e. The number of hydrogen-bond donors (Lipinski definition) is 0. The van der Waals surface area contributed by atoms with Crippen molar-refractivity contribution in [1.29, 1.82) is 5.26 Å². The van der Waals surface area contributed by atoms with E-state index >= 15 is 0 Å². The Bertz CT molecular complexity index is 1430. The highest BCUT2D eigenvalue weighted by atomic mass is 79.9. The number of rotatable bonds is 6. The third-order valence-electron chi connectivity index (χ3n) is 5.08. The van der Waals surface area contributed by atoms with E-state index in [1.807, 2.05) is 68.4 Å². The Morgan fingerprint density at radius 3 is 2.64 bits per heavy atom. The zero-order chi connectivity index (χ0) is 23.4. The van der Waals surface area contributed by atoms with Crippen molar-refractivity contribution in [2.75, 3.05) is 0 Å². The molecule has 7 heteroatoms. The Morgan fingerprint density at radius 2 is 1.91 bits per heavy atom. The van der Waals surface area contributed by atoms with Gasteiger partial charge in [0.15, 0.2) is 0 Å². The minimum atomic E-state index is -0.211. The van der Waals surface area contributed by atoms with Gasteiger partial charge in [-0.1, -0.05) is 48.0 Å². The molecule has 0 fully saturated rings. The van der Waals surface area contributed by atoms with Crippen LogP contribution in [0.15, 0.2) is 81.1 Å². The monoisotopic (exact) mass is 500 g/mol.